The van der Waals surface area contributed by atoms with Crippen molar-refractivity contribution in [1.82, 2.24) is 9.88 Å². The molecule has 2 rings (SSSR count). The summed E-state index contributed by atoms with van der Waals surface area (Å²) in [4.78, 5) is 28.0. The third kappa shape index (κ3) is 4.02. The molecular weight excluding hydrogens is 282 g/mol. The summed E-state index contributed by atoms with van der Waals surface area (Å²) >= 11 is 0. The van der Waals surface area contributed by atoms with Crippen molar-refractivity contribution in [3.8, 4) is 0 Å². The molecule has 1 aromatic rings. The molecule has 2 amide bonds. The third-order valence-electron chi connectivity index (χ3n) is 2.87. The number of aromatic nitrogens is 1. The minimum absolute atomic E-state index is 0.147. The van der Waals surface area contributed by atoms with Crippen LogP contribution in [0.3, 0.4) is 0 Å². The van der Waals surface area contributed by atoms with Crippen molar-refractivity contribution in [3.05, 3.63) is 24.0 Å². The molecule has 0 aromatic carbocycles. The summed E-state index contributed by atoms with van der Waals surface area (Å²) in [6.07, 6.45) is 1.28. The van der Waals surface area contributed by atoms with E-state index in [-0.39, 0.29) is 12.5 Å². The third-order valence-corrected chi connectivity index (χ3v) is 4.15. The summed E-state index contributed by atoms with van der Waals surface area (Å²) in [6.45, 7) is 0.950. The Morgan fingerprint density at radius 2 is 2.05 bits per heavy atom. The highest BCUT2D eigenvalue weighted by atomic mass is 32.2. The van der Waals surface area contributed by atoms with Gasteiger partial charge in [-0.2, -0.15) is 0 Å². The predicted octanol–water partition coefficient (Wildman–Crippen LogP) is 0.305. The summed E-state index contributed by atoms with van der Waals surface area (Å²) < 4.78 is 11.2. The van der Waals surface area contributed by atoms with Gasteiger partial charge in [-0.25, -0.2) is 4.79 Å². The smallest absolute Gasteiger partial charge is 0.321 e. The van der Waals surface area contributed by atoms with Gasteiger partial charge in [-0.15, -0.1) is 0 Å². The summed E-state index contributed by atoms with van der Waals surface area (Å²) in [6, 6.07) is 2.93. The van der Waals surface area contributed by atoms with Gasteiger partial charge in [0.1, 0.15) is 0 Å². The van der Waals surface area contributed by atoms with Gasteiger partial charge in [0.15, 0.2) is 0 Å². The molecule has 0 radical (unpaired) electrons. The molecule has 108 valence electrons. The number of amides is 2. The number of carbonyl (C=O) groups excluding carboxylic acids is 1. The highest BCUT2D eigenvalue weighted by Gasteiger charge is 2.19. The molecule has 0 bridgehead atoms. The van der Waals surface area contributed by atoms with Crippen LogP contribution in [0.15, 0.2) is 18.3 Å². The lowest BCUT2D eigenvalue weighted by Gasteiger charge is -2.26. The normalized spacial score (nSPS) is 15.9. The summed E-state index contributed by atoms with van der Waals surface area (Å²) in [5.74, 6) is 0.0579. The van der Waals surface area contributed by atoms with Crippen LogP contribution in [0.25, 0.3) is 0 Å². The van der Waals surface area contributed by atoms with Crippen LogP contribution in [0.4, 0.5) is 10.5 Å². The molecule has 1 fully saturated rings. The first kappa shape index (κ1) is 14.4. The van der Waals surface area contributed by atoms with Crippen LogP contribution in [0.2, 0.25) is 0 Å². The number of rotatable bonds is 3. The highest BCUT2D eigenvalue weighted by molar-refractivity contribution is 7.85. The zero-order valence-corrected chi connectivity index (χ0v) is 11.6. The summed E-state index contributed by atoms with van der Waals surface area (Å²) in [5.41, 5.74) is 0.944. The molecule has 0 atom stereocenters. The van der Waals surface area contributed by atoms with Crippen molar-refractivity contribution in [2.75, 3.05) is 29.9 Å². The first-order chi connectivity index (χ1) is 9.54. The standard InChI is InChI=1S/C12H15N3O4S/c16-11(17)7-9-1-2-10(8-13-9)14-12(18)15-3-5-20(19)6-4-15/h1-2,8H,3-7H2,(H,14,18)(H,16,17). The molecule has 1 aliphatic heterocycles. The Labute approximate surface area is 118 Å². The van der Waals surface area contributed by atoms with E-state index in [1.165, 1.54) is 6.20 Å². The molecule has 7 nitrogen and oxygen atoms in total. The van der Waals surface area contributed by atoms with Gasteiger partial charge in [-0.1, -0.05) is 0 Å². The molecule has 0 spiro atoms. The van der Waals surface area contributed by atoms with Gasteiger partial charge in [-0.3, -0.25) is 14.0 Å². The average molecular weight is 297 g/mol. The van der Waals surface area contributed by atoms with E-state index in [9.17, 15) is 13.8 Å². The van der Waals surface area contributed by atoms with Gasteiger partial charge in [0.05, 0.1) is 24.0 Å². The number of hydrogen-bond donors (Lipinski definition) is 2. The number of nitrogens with zero attached hydrogens (tertiary/aromatic N) is 2. The molecular formula is C12H15N3O4S. The molecule has 1 aromatic heterocycles. The lowest BCUT2D eigenvalue weighted by atomic mass is 10.2. The van der Waals surface area contributed by atoms with E-state index < -0.39 is 16.8 Å². The maximum absolute atomic E-state index is 11.9. The lowest BCUT2D eigenvalue weighted by molar-refractivity contribution is -0.136. The summed E-state index contributed by atoms with van der Waals surface area (Å²) in [7, 11) is -0.822. The van der Waals surface area contributed by atoms with Gasteiger partial charge < -0.3 is 15.3 Å². The number of carboxylic acids is 1. The van der Waals surface area contributed by atoms with Gasteiger partial charge in [0.2, 0.25) is 0 Å². The fourth-order valence-electron chi connectivity index (χ4n) is 1.80. The molecule has 20 heavy (non-hydrogen) atoms. The lowest BCUT2D eigenvalue weighted by Crippen LogP contribution is -2.43. The molecule has 0 unspecified atom stereocenters. The van der Waals surface area contributed by atoms with Crippen LogP contribution in [0.5, 0.6) is 0 Å². The minimum atomic E-state index is -0.949. The Hall–Kier alpha value is -1.96. The van der Waals surface area contributed by atoms with Gasteiger partial charge in [0.25, 0.3) is 0 Å². The zero-order valence-electron chi connectivity index (χ0n) is 10.7. The van der Waals surface area contributed by atoms with Crippen molar-refractivity contribution >= 4 is 28.5 Å². The first-order valence-corrected chi connectivity index (χ1v) is 7.61. The monoisotopic (exact) mass is 297 g/mol. The molecule has 0 aliphatic carbocycles. The summed E-state index contributed by atoms with van der Waals surface area (Å²) in [5, 5.41) is 11.3. The Kier molecular flexibility index (Phi) is 4.67. The first-order valence-electron chi connectivity index (χ1n) is 6.12. The van der Waals surface area contributed by atoms with Crippen molar-refractivity contribution in [3.63, 3.8) is 0 Å². The Bertz CT molecular complexity index is 522. The van der Waals surface area contributed by atoms with Crippen LogP contribution >= 0.6 is 0 Å². The number of pyridine rings is 1. The second kappa shape index (κ2) is 6.47. The van der Waals surface area contributed by atoms with E-state index >= 15 is 0 Å². The second-order valence-corrected chi connectivity index (χ2v) is 6.07. The van der Waals surface area contributed by atoms with Crippen LogP contribution in [0.1, 0.15) is 5.69 Å². The van der Waals surface area contributed by atoms with Crippen LogP contribution in [-0.2, 0) is 22.0 Å². The molecule has 0 saturated carbocycles. The molecule has 2 N–H and O–H groups in total. The highest BCUT2D eigenvalue weighted by Crippen LogP contribution is 2.09. The Morgan fingerprint density at radius 1 is 1.35 bits per heavy atom. The largest absolute Gasteiger partial charge is 0.481 e. The predicted molar refractivity (Wildman–Crippen MR) is 74.0 cm³/mol. The number of aliphatic carboxylic acids is 1. The van der Waals surface area contributed by atoms with Crippen molar-refractivity contribution < 1.29 is 18.9 Å². The Morgan fingerprint density at radius 3 is 2.60 bits per heavy atom. The fraction of sp³-hybridized carbons (Fsp3) is 0.417. The second-order valence-electron chi connectivity index (χ2n) is 4.37. The van der Waals surface area contributed by atoms with Crippen molar-refractivity contribution in [2.24, 2.45) is 0 Å². The van der Waals surface area contributed by atoms with Crippen LogP contribution in [0, 0.1) is 0 Å². The SMILES string of the molecule is O=C(O)Cc1ccc(NC(=O)N2CCS(=O)CC2)cn1. The number of hydrogen-bond acceptors (Lipinski definition) is 4. The van der Waals surface area contributed by atoms with E-state index in [0.29, 0.717) is 36.0 Å². The molecule has 1 saturated heterocycles. The molecule has 8 heteroatoms. The Balaban J connectivity index is 1.91. The maximum Gasteiger partial charge on any atom is 0.321 e. The topological polar surface area (TPSA) is 99.6 Å². The number of nitrogens with one attached hydrogen (secondary N) is 1. The van der Waals surface area contributed by atoms with Crippen LogP contribution < -0.4 is 5.32 Å². The van der Waals surface area contributed by atoms with Crippen molar-refractivity contribution in [1.29, 1.82) is 0 Å². The van der Waals surface area contributed by atoms with E-state index in [4.69, 9.17) is 5.11 Å². The molecule has 2 heterocycles. The van der Waals surface area contributed by atoms with E-state index in [1.54, 1.807) is 17.0 Å². The van der Waals surface area contributed by atoms with E-state index in [0.717, 1.165) is 0 Å². The number of carboxylic acid groups (broad SMARTS) is 1. The number of carbonyl (C=O) groups is 2. The van der Waals surface area contributed by atoms with Crippen molar-refractivity contribution in [2.45, 2.75) is 6.42 Å². The fourth-order valence-corrected chi connectivity index (χ4v) is 2.85. The van der Waals surface area contributed by atoms with Gasteiger partial charge in [-0.05, 0) is 12.1 Å². The minimum Gasteiger partial charge on any atom is -0.481 e. The van der Waals surface area contributed by atoms with Crippen LogP contribution in [-0.4, -0.2) is 55.8 Å². The average Bonchev–Trinajstić information content (AvgIpc) is 2.41. The number of urea groups is 1. The number of anilines is 1. The van der Waals surface area contributed by atoms with E-state index in [2.05, 4.69) is 10.3 Å². The molecule has 1 aliphatic rings. The quantitative estimate of drug-likeness (QED) is 0.836. The maximum atomic E-state index is 11.9. The van der Waals surface area contributed by atoms with E-state index in [1.807, 2.05) is 0 Å². The van der Waals surface area contributed by atoms with Gasteiger partial charge >= 0.3 is 12.0 Å². The zero-order chi connectivity index (χ0) is 14.5. The van der Waals surface area contributed by atoms with Gasteiger partial charge in [0, 0.05) is 35.4 Å².